The summed E-state index contributed by atoms with van der Waals surface area (Å²) < 4.78 is 9.15. The number of hydrogen-bond donors (Lipinski definition) is 1. The first-order chi connectivity index (χ1) is 20.9. The minimum absolute atomic E-state index is 0.00329. The average molecular weight is 628 g/mol. The Hall–Kier alpha value is -3.20. The Morgan fingerprint density at radius 3 is 2.61 bits per heavy atom. The number of hydrogen-bond acceptors (Lipinski definition) is 5. The van der Waals surface area contributed by atoms with Gasteiger partial charge in [0.1, 0.15) is 11.5 Å². The zero-order chi connectivity index (χ0) is 30.8. The van der Waals surface area contributed by atoms with Crippen molar-refractivity contribution in [2.24, 2.45) is 5.92 Å². The van der Waals surface area contributed by atoms with Gasteiger partial charge in [-0.15, -0.1) is 0 Å². The lowest BCUT2D eigenvalue weighted by molar-refractivity contribution is -0.117. The normalized spacial score (nSPS) is 23.7. The van der Waals surface area contributed by atoms with Gasteiger partial charge in [0.25, 0.3) is 0 Å². The van der Waals surface area contributed by atoms with Crippen LogP contribution in [0, 0.1) is 5.92 Å². The number of anilines is 2. The van der Waals surface area contributed by atoms with Crippen LogP contribution in [-0.2, 0) is 9.22 Å². The summed E-state index contributed by atoms with van der Waals surface area (Å²) in [6, 6.07) is 16.3. The highest BCUT2D eigenvalue weighted by Gasteiger charge is 2.45. The van der Waals surface area contributed by atoms with Crippen LogP contribution in [-0.4, -0.2) is 41.2 Å². The van der Waals surface area contributed by atoms with Crippen molar-refractivity contribution in [1.29, 1.82) is 0 Å². The molecule has 1 unspecified atom stereocenters. The van der Waals surface area contributed by atoms with Gasteiger partial charge in [-0.2, -0.15) is 0 Å². The maximum Gasteiger partial charge on any atom is 0.229 e. The zero-order valence-corrected chi connectivity index (χ0v) is 28.0. The van der Waals surface area contributed by atoms with E-state index in [-0.39, 0.29) is 34.9 Å². The van der Waals surface area contributed by atoms with E-state index < -0.39 is 8.32 Å². The lowest BCUT2D eigenvalue weighted by atomic mass is 10.1. The van der Waals surface area contributed by atoms with Gasteiger partial charge in [-0.25, -0.2) is 9.97 Å². The van der Waals surface area contributed by atoms with Crippen LogP contribution in [0.15, 0.2) is 67.1 Å². The third-order valence-electron chi connectivity index (χ3n) is 10.1. The molecule has 0 radical (unpaired) electrons. The van der Waals surface area contributed by atoms with Crippen molar-refractivity contribution in [1.82, 2.24) is 14.4 Å². The van der Waals surface area contributed by atoms with Crippen LogP contribution in [0.4, 0.5) is 11.5 Å². The van der Waals surface area contributed by atoms with E-state index in [1.165, 1.54) is 18.4 Å². The number of fused-ring (bicyclic) bond motifs is 1. The van der Waals surface area contributed by atoms with Crippen LogP contribution in [0.1, 0.15) is 81.2 Å². The predicted octanol–water partition coefficient (Wildman–Crippen LogP) is 8.34. The molecule has 44 heavy (non-hydrogen) atoms. The van der Waals surface area contributed by atoms with E-state index in [0.29, 0.717) is 16.8 Å². The number of benzene rings is 1. The van der Waals surface area contributed by atoms with E-state index in [1.807, 2.05) is 36.4 Å². The van der Waals surface area contributed by atoms with Gasteiger partial charge in [0.15, 0.2) is 8.32 Å². The van der Waals surface area contributed by atoms with Crippen molar-refractivity contribution in [3.63, 3.8) is 0 Å². The molecule has 1 saturated heterocycles. The first-order valence-corrected chi connectivity index (χ1v) is 19.2. The summed E-state index contributed by atoms with van der Waals surface area (Å²) in [5.41, 5.74) is 5.54. The van der Waals surface area contributed by atoms with Crippen LogP contribution in [0.5, 0.6) is 0 Å². The van der Waals surface area contributed by atoms with Crippen LogP contribution >= 0.6 is 11.6 Å². The van der Waals surface area contributed by atoms with Crippen molar-refractivity contribution in [2.75, 3.05) is 16.8 Å². The number of nitrogens with one attached hydrogen (secondary N) is 1. The molecular formula is C35H42ClN5O2Si. The van der Waals surface area contributed by atoms with Crippen LogP contribution in [0.2, 0.25) is 23.2 Å². The van der Waals surface area contributed by atoms with Gasteiger partial charge in [-0.05, 0) is 84.6 Å². The molecule has 1 aliphatic heterocycles. The number of nitrogens with zero attached hydrogens (tertiary/aromatic N) is 4. The largest absolute Gasteiger partial charge is 0.412 e. The highest BCUT2D eigenvalue weighted by Crippen LogP contribution is 2.49. The summed E-state index contributed by atoms with van der Waals surface area (Å²) in [5, 5.41) is 3.92. The summed E-state index contributed by atoms with van der Waals surface area (Å²) in [7, 11) is -1.98. The Balaban J connectivity index is 1.14. The molecule has 3 fully saturated rings. The molecule has 4 aromatic rings. The lowest BCUT2D eigenvalue weighted by Crippen LogP contribution is -2.44. The van der Waals surface area contributed by atoms with E-state index in [4.69, 9.17) is 21.0 Å². The van der Waals surface area contributed by atoms with Gasteiger partial charge in [0, 0.05) is 54.3 Å². The molecule has 1 aromatic carbocycles. The summed E-state index contributed by atoms with van der Waals surface area (Å²) in [4.78, 5) is 25.2. The molecule has 2 aliphatic carbocycles. The van der Waals surface area contributed by atoms with E-state index >= 15 is 0 Å². The molecule has 9 heteroatoms. The molecule has 3 aromatic heterocycles. The molecule has 3 aliphatic rings. The third kappa shape index (κ3) is 5.92. The van der Waals surface area contributed by atoms with Crippen LogP contribution < -0.4 is 10.2 Å². The van der Waals surface area contributed by atoms with Crippen molar-refractivity contribution in [2.45, 2.75) is 88.6 Å². The smallest absolute Gasteiger partial charge is 0.229 e. The van der Waals surface area contributed by atoms with E-state index in [9.17, 15) is 4.79 Å². The fraction of sp³-hybridized carbons (Fsp3) is 0.457. The summed E-state index contributed by atoms with van der Waals surface area (Å²) in [5.74, 6) is 1.39. The fourth-order valence-electron chi connectivity index (χ4n) is 6.37. The Bertz CT molecular complexity index is 1710. The molecule has 230 valence electrons. The minimum Gasteiger partial charge on any atom is -0.412 e. The molecule has 1 N–H and O–H groups in total. The number of amides is 1. The standard InChI is InChI=1S/C35H42ClN5O2Si/c1-35(2,3)44(4,5)43-27-17-31(30-21-40-19-24(22-9-10-22)11-12-33(40)38-30)41(20-27)26-13-14-37-32(16-26)39-34(42)29-18-28(29)23-7-6-8-25(36)15-23/h6-8,11-16,19,21-22,27-29,31H,9-10,17-18,20H2,1-5H3,(H,37,39,42)/t27?,28-,29+,31-/m1/s1. The number of halogens is 1. The second-order valence-corrected chi connectivity index (χ2v) is 19.7. The van der Waals surface area contributed by atoms with E-state index in [1.54, 1.807) is 6.20 Å². The second-order valence-electron chi connectivity index (χ2n) is 14.5. The van der Waals surface area contributed by atoms with Crippen LogP contribution in [0.3, 0.4) is 0 Å². The molecule has 0 spiro atoms. The maximum absolute atomic E-state index is 13.2. The molecule has 2 saturated carbocycles. The number of pyridine rings is 2. The highest BCUT2D eigenvalue weighted by atomic mass is 35.5. The summed E-state index contributed by atoms with van der Waals surface area (Å²) >= 11 is 6.19. The summed E-state index contributed by atoms with van der Waals surface area (Å²) in [6.07, 6.45) is 10.6. The van der Waals surface area contributed by atoms with Gasteiger partial charge in [-0.1, -0.05) is 50.6 Å². The number of rotatable bonds is 8. The Labute approximate surface area is 266 Å². The lowest BCUT2D eigenvalue weighted by Gasteiger charge is -2.38. The van der Waals surface area contributed by atoms with E-state index in [0.717, 1.165) is 42.0 Å². The predicted molar refractivity (Wildman–Crippen MR) is 179 cm³/mol. The Morgan fingerprint density at radius 1 is 1.05 bits per heavy atom. The molecule has 4 heterocycles. The quantitative estimate of drug-likeness (QED) is 0.199. The number of carbonyl (C=O) groups is 1. The highest BCUT2D eigenvalue weighted by molar-refractivity contribution is 6.74. The summed E-state index contributed by atoms with van der Waals surface area (Å²) in [6.45, 7) is 12.3. The van der Waals surface area contributed by atoms with Crippen molar-refractivity contribution < 1.29 is 9.22 Å². The number of aromatic nitrogens is 3. The molecule has 0 bridgehead atoms. The van der Waals surface area contributed by atoms with Gasteiger partial charge in [-0.3, -0.25) is 4.79 Å². The minimum atomic E-state index is -1.98. The van der Waals surface area contributed by atoms with Crippen molar-refractivity contribution in [3.8, 4) is 0 Å². The Kier molecular flexibility index (Phi) is 7.38. The topological polar surface area (TPSA) is 71.8 Å². The molecule has 7 nitrogen and oxygen atoms in total. The zero-order valence-electron chi connectivity index (χ0n) is 26.3. The number of imidazole rings is 1. The maximum atomic E-state index is 13.2. The first-order valence-electron chi connectivity index (χ1n) is 15.9. The second kappa shape index (κ2) is 11.0. The fourth-order valence-corrected chi connectivity index (χ4v) is 7.92. The van der Waals surface area contributed by atoms with Crippen molar-refractivity contribution >= 4 is 43.0 Å². The SMILES string of the molecule is CC(C)(C)[Si](C)(C)OC1C[C@H](c2cn3cc(C4CC4)ccc3n2)N(c2ccnc(NC(=O)[C@H]3C[C@@H]3c3cccc(Cl)c3)c2)C1. The van der Waals surface area contributed by atoms with Crippen molar-refractivity contribution in [3.05, 3.63) is 89.0 Å². The monoisotopic (exact) mass is 627 g/mol. The van der Waals surface area contributed by atoms with Crippen LogP contribution in [0.25, 0.3) is 5.65 Å². The third-order valence-corrected chi connectivity index (χ3v) is 14.9. The van der Waals surface area contributed by atoms with Gasteiger partial charge < -0.3 is 19.0 Å². The average Bonchev–Trinajstić information content (AvgIpc) is 3.89. The Morgan fingerprint density at radius 2 is 1.86 bits per heavy atom. The van der Waals surface area contributed by atoms with Gasteiger partial charge in [0.2, 0.25) is 5.91 Å². The first kappa shape index (κ1) is 29.5. The van der Waals surface area contributed by atoms with E-state index in [2.05, 4.69) is 78.0 Å². The molecule has 1 amide bonds. The van der Waals surface area contributed by atoms with Gasteiger partial charge >= 0.3 is 0 Å². The van der Waals surface area contributed by atoms with Gasteiger partial charge in [0.05, 0.1) is 17.8 Å². The molecule has 7 rings (SSSR count). The number of carbonyl (C=O) groups excluding carboxylic acids is 1. The molecule has 4 atom stereocenters. The molecular weight excluding hydrogens is 586 g/mol.